The second-order valence-electron chi connectivity index (χ2n) is 7.50. The van der Waals surface area contributed by atoms with Crippen molar-refractivity contribution in [3.8, 4) is 17.3 Å². The van der Waals surface area contributed by atoms with Crippen molar-refractivity contribution in [2.45, 2.75) is 6.92 Å². The fourth-order valence-corrected chi connectivity index (χ4v) is 3.96. The molecule has 0 saturated carbocycles. The van der Waals surface area contributed by atoms with E-state index >= 15 is 0 Å². The third-order valence-corrected chi connectivity index (χ3v) is 5.48. The van der Waals surface area contributed by atoms with Gasteiger partial charge >= 0.3 is 5.69 Å². The van der Waals surface area contributed by atoms with Crippen LogP contribution in [-0.4, -0.2) is 27.4 Å². The lowest BCUT2D eigenvalue weighted by molar-refractivity contribution is -0.385. The molecule has 10 heteroatoms. The number of benzene rings is 3. The zero-order chi connectivity index (χ0) is 24.5. The summed E-state index contributed by atoms with van der Waals surface area (Å²) in [5, 5.41) is 17.2. The van der Waals surface area contributed by atoms with Gasteiger partial charge in [0.15, 0.2) is 5.76 Å². The third kappa shape index (κ3) is 4.13. The molecule has 0 amide bonds. The van der Waals surface area contributed by atoms with Crippen LogP contribution in [0.25, 0.3) is 33.5 Å². The summed E-state index contributed by atoms with van der Waals surface area (Å²) in [7, 11) is 0. The first-order valence-corrected chi connectivity index (χ1v) is 11.0. The molecule has 5 rings (SSSR count). The van der Waals surface area contributed by atoms with Gasteiger partial charge in [0.25, 0.3) is 5.56 Å². The van der Waals surface area contributed by atoms with Gasteiger partial charge in [0, 0.05) is 22.0 Å². The fraction of sp³-hybridized carbons (Fsp3) is 0.0800. The number of aromatic nitrogens is 2. The summed E-state index contributed by atoms with van der Waals surface area (Å²) >= 11 is 6.11. The Hall–Kier alpha value is -4.50. The van der Waals surface area contributed by atoms with E-state index in [1.807, 2.05) is 24.3 Å². The van der Waals surface area contributed by atoms with E-state index in [2.05, 4.69) is 10.1 Å². The number of nitrogens with zero attached hydrogens (tertiary/aromatic N) is 4. The van der Waals surface area contributed by atoms with Crippen LogP contribution in [0.1, 0.15) is 12.5 Å². The van der Waals surface area contributed by atoms with Crippen molar-refractivity contribution in [3.63, 3.8) is 0 Å². The molecule has 0 aliphatic rings. The molecule has 0 unspecified atom stereocenters. The molecule has 3 aromatic carbocycles. The molecule has 2 heterocycles. The van der Waals surface area contributed by atoms with Crippen LogP contribution >= 0.6 is 11.6 Å². The first kappa shape index (κ1) is 22.3. The maximum absolute atomic E-state index is 13.4. The SMILES string of the molecule is CCOc1c(C=Nn2c(-c3cc4ccccc4o3)nc3ccccc3c2=O)cc(Cl)cc1[N+](=O)[O-]. The second kappa shape index (κ2) is 9.03. The number of halogens is 1. The minimum absolute atomic E-state index is 0.00210. The van der Waals surface area contributed by atoms with Crippen LogP contribution in [0, 0.1) is 10.1 Å². The number of nitro groups is 1. The molecule has 0 atom stereocenters. The number of fused-ring (bicyclic) bond motifs is 2. The lowest BCUT2D eigenvalue weighted by Crippen LogP contribution is -2.20. The molecular formula is C25H17ClN4O5. The lowest BCUT2D eigenvalue weighted by atomic mass is 10.2. The number of para-hydroxylation sites is 2. The molecule has 9 nitrogen and oxygen atoms in total. The third-order valence-electron chi connectivity index (χ3n) is 5.26. The summed E-state index contributed by atoms with van der Waals surface area (Å²) in [5.41, 5.74) is 0.609. The van der Waals surface area contributed by atoms with E-state index in [4.69, 9.17) is 20.8 Å². The first-order valence-electron chi connectivity index (χ1n) is 10.6. The Kier molecular flexibility index (Phi) is 5.76. The monoisotopic (exact) mass is 488 g/mol. The van der Waals surface area contributed by atoms with Gasteiger partial charge in [0.1, 0.15) is 5.58 Å². The zero-order valence-corrected chi connectivity index (χ0v) is 19.1. The van der Waals surface area contributed by atoms with Crippen LogP contribution in [0.4, 0.5) is 5.69 Å². The van der Waals surface area contributed by atoms with Gasteiger partial charge in [-0.05, 0) is 37.3 Å². The van der Waals surface area contributed by atoms with Crippen molar-refractivity contribution in [3.05, 3.63) is 97.8 Å². The molecule has 0 N–H and O–H groups in total. The maximum atomic E-state index is 13.4. The van der Waals surface area contributed by atoms with Crippen LogP contribution in [0.5, 0.6) is 5.75 Å². The fourth-order valence-electron chi connectivity index (χ4n) is 3.74. The Bertz CT molecular complexity index is 1660. The smallest absolute Gasteiger partial charge is 0.313 e. The van der Waals surface area contributed by atoms with Gasteiger partial charge in [-0.3, -0.25) is 14.9 Å². The number of rotatable bonds is 6. The number of nitro benzene ring substituents is 1. The van der Waals surface area contributed by atoms with Crippen LogP contribution in [0.15, 0.2) is 81.0 Å². The van der Waals surface area contributed by atoms with Crippen LogP contribution in [0.2, 0.25) is 5.02 Å². The average Bonchev–Trinajstić information content (AvgIpc) is 3.29. The Balaban J connectivity index is 1.74. The standard InChI is InChI=1S/C25H17ClN4O5/c1-2-34-23-16(11-17(26)13-20(23)30(32)33)14-27-29-24(22-12-15-7-3-6-10-21(15)35-22)28-19-9-5-4-8-18(19)25(29)31/h3-14H,2H2,1H3. The first-order chi connectivity index (χ1) is 17.0. The summed E-state index contributed by atoms with van der Waals surface area (Å²) in [6.45, 7) is 1.89. The summed E-state index contributed by atoms with van der Waals surface area (Å²) < 4.78 is 12.6. The topological polar surface area (TPSA) is 113 Å². The van der Waals surface area contributed by atoms with E-state index in [0.717, 1.165) is 10.1 Å². The van der Waals surface area contributed by atoms with Crippen molar-refractivity contribution in [1.29, 1.82) is 0 Å². The second-order valence-corrected chi connectivity index (χ2v) is 7.93. The average molecular weight is 489 g/mol. The van der Waals surface area contributed by atoms with Crippen molar-refractivity contribution in [2.24, 2.45) is 5.10 Å². The van der Waals surface area contributed by atoms with Crippen molar-refractivity contribution in [2.75, 3.05) is 6.61 Å². The zero-order valence-electron chi connectivity index (χ0n) is 18.3. The minimum Gasteiger partial charge on any atom is -0.487 e. The van der Waals surface area contributed by atoms with E-state index in [-0.39, 0.29) is 34.5 Å². The molecule has 0 spiro atoms. The van der Waals surface area contributed by atoms with E-state index < -0.39 is 10.5 Å². The van der Waals surface area contributed by atoms with Crippen LogP contribution < -0.4 is 10.3 Å². The van der Waals surface area contributed by atoms with E-state index in [1.165, 1.54) is 18.3 Å². The van der Waals surface area contributed by atoms with Crippen LogP contribution in [0.3, 0.4) is 0 Å². The quantitative estimate of drug-likeness (QED) is 0.173. The van der Waals surface area contributed by atoms with Crippen molar-refractivity contribution < 1.29 is 14.1 Å². The van der Waals surface area contributed by atoms with Gasteiger partial charge < -0.3 is 9.15 Å². The number of furan rings is 1. The predicted molar refractivity (Wildman–Crippen MR) is 133 cm³/mol. The Morgan fingerprint density at radius 2 is 1.94 bits per heavy atom. The predicted octanol–water partition coefficient (Wildman–Crippen LogP) is 5.65. The maximum Gasteiger partial charge on any atom is 0.313 e. The molecule has 0 aliphatic carbocycles. The highest BCUT2D eigenvalue weighted by Gasteiger charge is 2.21. The van der Waals surface area contributed by atoms with E-state index in [0.29, 0.717) is 22.2 Å². The summed E-state index contributed by atoms with van der Waals surface area (Å²) in [6, 6.07) is 18.7. The van der Waals surface area contributed by atoms with Gasteiger partial charge in [-0.25, -0.2) is 4.98 Å². The Morgan fingerprint density at radius 3 is 2.71 bits per heavy atom. The summed E-state index contributed by atoms with van der Waals surface area (Å²) in [6.07, 6.45) is 1.29. The molecule has 0 bridgehead atoms. The molecular weight excluding hydrogens is 472 g/mol. The van der Waals surface area contributed by atoms with Gasteiger partial charge in [0.2, 0.25) is 11.6 Å². The number of hydrogen-bond donors (Lipinski definition) is 0. The van der Waals surface area contributed by atoms with Gasteiger partial charge in [-0.2, -0.15) is 9.78 Å². The lowest BCUT2D eigenvalue weighted by Gasteiger charge is -2.10. The minimum atomic E-state index is -0.586. The molecule has 0 saturated heterocycles. The molecule has 174 valence electrons. The summed E-state index contributed by atoms with van der Waals surface area (Å²) in [5.74, 6) is 0.515. The largest absolute Gasteiger partial charge is 0.487 e. The molecule has 0 aliphatic heterocycles. The van der Waals surface area contributed by atoms with Gasteiger partial charge in [-0.1, -0.05) is 41.9 Å². The van der Waals surface area contributed by atoms with Crippen LogP contribution in [-0.2, 0) is 0 Å². The molecule has 2 aromatic heterocycles. The van der Waals surface area contributed by atoms with E-state index in [1.54, 1.807) is 37.3 Å². The van der Waals surface area contributed by atoms with Crippen molar-refractivity contribution >= 4 is 45.4 Å². The molecule has 5 aromatic rings. The highest BCUT2D eigenvalue weighted by molar-refractivity contribution is 6.31. The summed E-state index contributed by atoms with van der Waals surface area (Å²) in [4.78, 5) is 29.0. The Labute approximate surface area is 203 Å². The number of ether oxygens (including phenoxy) is 1. The molecule has 0 radical (unpaired) electrons. The van der Waals surface area contributed by atoms with Gasteiger partial charge in [0.05, 0.1) is 28.6 Å². The van der Waals surface area contributed by atoms with E-state index in [9.17, 15) is 14.9 Å². The number of hydrogen-bond acceptors (Lipinski definition) is 7. The normalized spacial score (nSPS) is 11.5. The highest BCUT2D eigenvalue weighted by atomic mass is 35.5. The van der Waals surface area contributed by atoms with Gasteiger partial charge in [-0.15, -0.1) is 0 Å². The van der Waals surface area contributed by atoms with Crippen molar-refractivity contribution in [1.82, 2.24) is 9.66 Å². The Morgan fingerprint density at radius 1 is 1.17 bits per heavy atom. The molecule has 0 fully saturated rings. The molecule has 35 heavy (non-hydrogen) atoms. The highest BCUT2D eigenvalue weighted by Crippen LogP contribution is 2.34.